The second kappa shape index (κ2) is 7.95. The molecular weight excluding hydrogens is 369 g/mol. The molecule has 3 aromatic rings. The molecule has 1 atom stereocenters. The van der Waals surface area contributed by atoms with E-state index in [1.54, 1.807) is 12.1 Å². The van der Waals surface area contributed by atoms with Gasteiger partial charge in [-0.15, -0.1) is 0 Å². The van der Waals surface area contributed by atoms with E-state index >= 15 is 0 Å². The molecule has 2 aromatic heterocycles. The molecule has 0 unspecified atom stereocenters. The van der Waals surface area contributed by atoms with Crippen LogP contribution in [0.15, 0.2) is 30.3 Å². The lowest BCUT2D eigenvalue weighted by Gasteiger charge is -2.13. The first-order valence-electron chi connectivity index (χ1n) is 10.1. The second-order valence-electron chi connectivity index (χ2n) is 7.51. The fourth-order valence-electron chi connectivity index (χ4n) is 3.96. The first-order valence-corrected chi connectivity index (χ1v) is 10.1. The molecule has 29 heavy (non-hydrogen) atoms. The third-order valence-electron chi connectivity index (χ3n) is 5.14. The van der Waals surface area contributed by atoms with Crippen LogP contribution in [-0.2, 0) is 17.6 Å². The Morgan fingerprint density at radius 2 is 1.97 bits per heavy atom. The van der Waals surface area contributed by atoms with Crippen LogP contribution >= 0.6 is 0 Å². The van der Waals surface area contributed by atoms with Crippen LogP contribution in [0.2, 0.25) is 0 Å². The standard InChI is InChI=1S/C23H26FN3O2/c1-5-28-22-13-18(6-7-20(22)24)27-21-12-16(4)29-9-8-19(21)23(26-27)17-10-14(2)25-15(3)11-17/h6-7,10-11,13,16H,5,8-9,12H2,1-4H3/t16-/m1/s1. The van der Waals surface area contributed by atoms with Crippen molar-refractivity contribution in [2.45, 2.75) is 46.6 Å². The first kappa shape index (κ1) is 19.6. The van der Waals surface area contributed by atoms with Gasteiger partial charge in [0.25, 0.3) is 0 Å². The van der Waals surface area contributed by atoms with Gasteiger partial charge in [0, 0.05) is 35.0 Å². The summed E-state index contributed by atoms with van der Waals surface area (Å²) in [6.45, 7) is 8.96. The lowest BCUT2D eigenvalue weighted by Crippen LogP contribution is -2.13. The van der Waals surface area contributed by atoms with Gasteiger partial charge >= 0.3 is 0 Å². The van der Waals surface area contributed by atoms with E-state index in [9.17, 15) is 4.39 Å². The van der Waals surface area contributed by atoms with Crippen molar-refractivity contribution in [3.63, 3.8) is 0 Å². The predicted octanol–water partition coefficient (Wildman–Crippen LogP) is 4.59. The van der Waals surface area contributed by atoms with Gasteiger partial charge < -0.3 is 9.47 Å². The third-order valence-corrected chi connectivity index (χ3v) is 5.14. The van der Waals surface area contributed by atoms with Gasteiger partial charge in [-0.1, -0.05) is 0 Å². The molecule has 6 heteroatoms. The van der Waals surface area contributed by atoms with E-state index in [2.05, 4.69) is 24.0 Å². The zero-order chi connectivity index (χ0) is 20.5. The topological polar surface area (TPSA) is 49.2 Å². The number of ether oxygens (including phenoxy) is 2. The number of rotatable bonds is 4. The summed E-state index contributed by atoms with van der Waals surface area (Å²) in [5.41, 5.74) is 6.98. The maximum absolute atomic E-state index is 14.1. The number of fused-ring (bicyclic) bond motifs is 1. The minimum Gasteiger partial charge on any atom is -0.491 e. The Labute approximate surface area is 170 Å². The van der Waals surface area contributed by atoms with Crippen molar-refractivity contribution in [2.75, 3.05) is 13.2 Å². The fourth-order valence-corrected chi connectivity index (χ4v) is 3.96. The Bertz CT molecular complexity index is 1020. The fraction of sp³-hybridized carbons (Fsp3) is 0.391. The summed E-state index contributed by atoms with van der Waals surface area (Å²) in [6, 6.07) is 9.02. The molecule has 1 aliphatic rings. The molecule has 1 aliphatic heterocycles. The number of halogens is 1. The largest absolute Gasteiger partial charge is 0.491 e. The molecule has 5 nitrogen and oxygen atoms in total. The highest BCUT2D eigenvalue weighted by molar-refractivity contribution is 5.66. The van der Waals surface area contributed by atoms with Crippen molar-refractivity contribution >= 4 is 0 Å². The highest BCUT2D eigenvalue weighted by Gasteiger charge is 2.25. The Hall–Kier alpha value is -2.73. The Kier molecular flexibility index (Phi) is 5.37. The van der Waals surface area contributed by atoms with Crippen molar-refractivity contribution in [1.82, 2.24) is 14.8 Å². The number of benzene rings is 1. The van der Waals surface area contributed by atoms with E-state index in [1.165, 1.54) is 11.6 Å². The van der Waals surface area contributed by atoms with Crippen molar-refractivity contribution in [1.29, 1.82) is 0 Å². The van der Waals surface area contributed by atoms with E-state index in [-0.39, 0.29) is 17.7 Å². The van der Waals surface area contributed by atoms with Gasteiger partial charge in [-0.05, 0) is 58.4 Å². The quantitative estimate of drug-likeness (QED) is 0.648. The molecule has 0 amide bonds. The molecule has 0 saturated heterocycles. The average molecular weight is 395 g/mol. The summed E-state index contributed by atoms with van der Waals surface area (Å²) in [5.74, 6) is -0.129. The van der Waals surface area contributed by atoms with Crippen molar-refractivity contribution < 1.29 is 13.9 Å². The minimum absolute atomic E-state index is 0.0901. The van der Waals surface area contributed by atoms with Crippen LogP contribution in [0.3, 0.4) is 0 Å². The van der Waals surface area contributed by atoms with Crippen LogP contribution in [-0.4, -0.2) is 34.1 Å². The van der Waals surface area contributed by atoms with E-state index in [4.69, 9.17) is 14.6 Å². The zero-order valence-corrected chi connectivity index (χ0v) is 17.3. The van der Waals surface area contributed by atoms with Gasteiger partial charge in [0.2, 0.25) is 0 Å². The van der Waals surface area contributed by atoms with E-state index in [0.717, 1.165) is 46.9 Å². The SMILES string of the molecule is CCOc1cc(-n2nc(-c3cc(C)nc(C)c3)c3c2C[C@@H](C)OCC3)ccc1F. The predicted molar refractivity (Wildman–Crippen MR) is 110 cm³/mol. The summed E-state index contributed by atoms with van der Waals surface area (Å²) in [6.07, 6.45) is 1.62. The molecule has 0 aliphatic carbocycles. The van der Waals surface area contributed by atoms with Crippen LogP contribution in [0.5, 0.6) is 5.75 Å². The van der Waals surface area contributed by atoms with Crippen LogP contribution in [0.1, 0.15) is 36.5 Å². The highest BCUT2D eigenvalue weighted by Crippen LogP contribution is 2.32. The Morgan fingerprint density at radius 1 is 1.21 bits per heavy atom. The molecule has 0 radical (unpaired) electrons. The molecule has 0 N–H and O–H groups in total. The maximum Gasteiger partial charge on any atom is 0.165 e. The first-order chi connectivity index (χ1) is 14.0. The second-order valence-corrected chi connectivity index (χ2v) is 7.51. The van der Waals surface area contributed by atoms with Crippen LogP contribution in [0, 0.1) is 19.7 Å². The van der Waals surface area contributed by atoms with E-state index in [0.29, 0.717) is 13.2 Å². The van der Waals surface area contributed by atoms with Crippen molar-refractivity contribution in [2.24, 2.45) is 0 Å². The number of aryl methyl sites for hydroxylation is 2. The summed E-state index contributed by atoms with van der Waals surface area (Å²) in [4.78, 5) is 4.49. The molecule has 0 spiro atoms. The summed E-state index contributed by atoms with van der Waals surface area (Å²) in [7, 11) is 0. The van der Waals surface area contributed by atoms with Gasteiger partial charge in [0.1, 0.15) is 0 Å². The molecule has 0 fully saturated rings. The van der Waals surface area contributed by atoms with Crippen LogP contribution in [0.4, 0.5) is 4.39 Å². The summed E-state index contributed by atoms with van der Waals surface area (Å²) < 4.78 is 27.4. The lowest BCUT2D eigenvalue weighted by atomic mass is 10.0. The average Bonchev–Trinajstić information content (AvgIpc) is 2.90. The third kappa shape index (κ3) is 3.90. The number of aromatic nitrogens is 3. The molecular formula is C23H26FN3O2. The van der Waals surface area contributed by atoms with Gasteiger partial charge in [-0.25, -0.2) is 9.07 Å². The monoisotopic (exact) mass is 395 g/mol. The zero-order valence-electron chi connectivity index (χ0n) is 17.3. The molecule has 1 aromatic carbocycles. The lowest BCUT2D eigenvalue weighted by molar-refractivity contribution is 0.0735. The van der Waals surface area contributed by atoms with Crippen LogP contribution in [0.25, 0.3) is 16.9 Å². The number of hydrogen-bond acceptors (Lipinski definition) is 4. The Balaban J connectivity index is 1.91. The number of hydrogen-bond donors (Lipinski definition) is 0. The molecule has 3 heterocycles. The summed E-state index contributed by atoms with van der Waals surface area (Å²) >= 11 is 0. The van der Waals surface area contributed by atoms with Gasteiger partial charge in [0.05, 0.1) is 36.4 Å². The maximum atomic E-state index is 14.1. The van der Waals surface area contributed by atoms with Gasteiger partial charge in [-0.2, -0.15) is 5.10 Å². The molecule has 0 bridgehead atoms. The molecule has 0 saturated carbocycles. The van der Waals surface area contributed by atoms with E-state index < -0.39 is 0 Å². The highest BCUT2D eigenvalue weighted by atomic mass is 19.1. The number of nitrogens with zero attached hydrogens (tertiary/aromatic N) is 3. The molecule has 152 valence electrons. The van der Waals surface area contributed by atoms with Crippen molar-refractivity contribution in [3.05, 3.63) is 58.8 Å². The van der Waals surface area contributed by atoms with E-state index in [1.807, 2.05) is 25.5 Å². The number of pyridine rings is 1. The smallest absolute Gasteiger partial charge is 0.165 e. The van der Waals surface area contributed by atoms with Crippen molar-refractivity contribution in [3.8, 4) is 22.7 Å². The Morgan fingerprint density at radius 3 is 2.69 bits per heavy atom. The van der Waals surface area contributed by atoms with Gasteiger partial charge in [-0.3, -0.25) is 4.98 Å². The molecule has 4 rings (SSSR count). The summed E-state index contributed by atoms with van der Waals surface area (Å²) in [5, 5.41) is 4.98. The van der Waals surface area contributed by atoms with Crippen LogP contribution < -0.4 is 4.74 Å². The minimum atomic E-state index is -0.369. The van der Waals surface area contributed by atoms with Gasteiger partial charge in [0.15, 0.2) is 11.6 Å². The normalized spacial score (nSPS) is 16.4.